The Hall–Kier alpha value is 0.0600. The van der Waals surface area contributed by atoms with Crippen LogP contribution in [-0.4, -0.2) is 98.0 Å². The standard InChI is InChI=1S/C17H32ClN2O8PS/c1-5-9-6-10(20(3)7-9)16(23)19-11(8(2)18)14-12(21)13(22)15(17(27-14)30-4)28-29(24,25)26/h8-15,17,21-22H,5-7H2,1-4H3,(H,19,23)(H2,24,25,26)/t8?,9?,10-,11?,12-,13?,14?,15?,17-/m1/s1. The molecule has 0 bridgehead atoms. The number of nitrogens with zero attached hydrogens (tertiary/aromatic N) is 1. The molecule has 1 amide bonds. The van der Waals surface area contributed by atoms with Crippen LogP contribution in [0.3, 0.4) is 0 Å². The zero-order chi connectivity index (χ0) is 22.8. The van der Waals surface area contributed by atoms with E-state index in [1.807, 2.05) is 11.9 Å². The number of likely N-dealkylation sites (tertiary alicyclic amines) is 1. The van der Waals surface area contributed by atoms with Gasteiger partial charge in [-0.2, -0.15) is 0 Å². The Morgan fingerprint density at radius 1 is 1.40 bits per heavy atom. The van der Waals surface area contributed by atoms with E-state index >= 15 is 0 Å². The molecule has 9 atom stereocenters. The van der Waals surface area contributed by atoms with Gasteiger partial charge in [0, 0.05) is 6.54 Å². The molecule has 2 fully saturated rings. The highest BCUT2D eigenvalue weighted by molar-refractivity contribution is 7.99. The number of carbonyl (C=O) groups is 1. The summed E-state index contributed by atoms with van der Waals surface area (Å²) < 4.78 is 21.7. The molecule has 176 valence electrons. The number of halogens is 1. The lowest BCUT2D eigenvalue weighted by Gasteiger charge is -2.45. The highest BCUT2D eigenvalue weighted by Crippen LogP contribution is 2.43. The van der Waals surface area contributed by atoms with Crippen molar-refractivity contribution < 1.29 is 38.6 Å². The first-order valence-corrected chi connectivity index (χ1v) is 13.1. The second kappa shape index (κ2) is 10.8. The number of amides is 1. The van der Waals surface area contributed by atoms with E-state index < -0.39 is 49.1 Å². The zero-order valence-corrected chi connectivity index (χ0v) is 19.9. The summed E-state index contributed by atoms with van der Waals surface area (Å²) in [4.78, 5) is 33.1. The van der Waals surface area contributed by atoms with Gasteiger partial charge in [-0.25, -0.2) is 4.57 Å². The summed E-state index contributed by atoms with van der Waals surface area (Å²) in [6.07, 6.45) is -2.50. The van der Waals surface area contributed by atoms with E-state index in [1.54, 1.807) is 13.2 Å². The fourth-order valence-corrected chi connectivity index (χ4v) is 5.61. The van der Waals surface area contributed by atoms with Gasteiger partial charge in [0.15, 0.2) is 0 Å². The van der Waals surface area contributed by atoms with Crippen LogP contribution in [0, 0.1) is 5.92 Å². The molecular weight excluding hydrogens is 459 g/mol. The number of likely N-dealkylation sites (N-methyl/N-ethyl adjacent to an activating group) is 1. The molecule has 0 saturated carbocycles. The van der Waals surface area contributed by atoms with Crippen molar-refractivity contribution in [3.8, 4) is 0 Å². The number of nitrogens with one attached hydrogen (secondary N) is 1. The molecule has 0 aromatic heterocycles. The Labute approximate surface area is 185 Å². The van der Waals surface area contributed by atoms with E-state index in [0.29, 0.717) is 12.3 Å². The molecule has 10 nitrogen and oxygen atoms in total. The van der Waals surface area contributed by atoms with E-state index in [1.165, 1.54) is 0 Å². The Kier molecular flexibility index (Phi) is 9.46. The third-order valence-corrected chi connectivity index (χ3v) is 7.38. The predicted molar refractivity (Wildman–Crippen MR) is 113 cm³/mol. The molecule has 2 rings (SSSR count). The number of phosphoric acid groups is 1. The Balaban J connectivity index is 2.17. The molecule has 2 aliphatic rings. The average Bonchev–Trinajstić information content (AvgIpc) is 3.04. The van der Waals surface area contributed by atoms with Gasteiger partial charge >= 0.3 is 7.82 Å². The number of aliphatic hydroxyl groups excluding tert-OH is 2. The van der Waals surface area contributed by atoms with E-state index in [9.17, 15) is 19.6 Å². The molecule has 30 heavy (non-hydrogen) atoms. The third-order valence-electron chi connectivity index (χ3n) is 5.75. The molecular formula is C17H32ClN2O8PS. The largest absolute Gasteiger partial charge is 0.470 e. The van der Waals surface area contributed by atoms with Crippen molar-refractivity contribution in [3.05, 3.63) is 0 Å². The van der Waals surface area contributed by atoms with Crippen LogP contribution in [0.5, 0.6) is 0 Å². The molecule has 2 saturated heterocycles. The summed E-state index contributed by atoms with van der Waals surface area (Å²) in [5.41, 5.74) is -0.991. The van der Waals surface area contributed by atoms with Gasteiger partial charge in [-0.3, -0.25) is 14.2 Å². The Bertz CT molecular complexity index is 639. The first-order chi connectivity index (χ1) is 13.9. The number of carbonyl (C=O) groups excluding carboxylic acids is 1. The van der Waals surface area contributed by atoms with Crippen molar-refractivity contribution in [3.63, 3.8) is 0 Å². The molecule has 0 aromatic carbocycles. The molecule has 0 aromatic rings. The Morgan fingerprint density at radius 2 is 2.03 bits per heavy atom. The molecule has 5 N–H and O–H groups in total. The highest BCUT2D eigenvalue weighted by Gasteiger charge is 2.51. The molecule has 0 aliphatic carbocycles. The van der Waals surface area contributed by atoms with Crippen LogP contribution >= 0.6 is 31.2 Å². The molecule has 0 spiro atoms. The zero-order valence-electron chi connectivity index (χ0n) is 17.4. The molecule has 2 heterocycles. The fourth-order valence-electron chi connectivity index (χ4n) is 4.05. The Morgan fingerprint density at radius 3 is 2.50 bits per heavy atom. The van der Waals surface area contributed by atoms with E-state index in [4.69, 9.17) is 26.1 Å². The average molecular weight is 491 g/mol. The highest BCUT2D eigenvalue weighted by atomic mass is 35.5. The normalized spacial score (nSPS) is 37.7. The van der Waals surface area contributed by atoms with E-state index in [0.717, 1.165) is 24.7 Å². The summed E-state index contributed by atoms with van der Waals surface area (Å²) in [5.74, 6) is 0.174. The summed E-state index contributed by atoms with van der Waals surface area (Å²) in [7, 11) is -3.05. The first-order valence-electron chi connectivity index (χ1n) is 9.82. The van der Waals surface area contributed by atoms with Crippen molar-refractivity contribution in [2.75, 3.05) is 19.8 Å². The molecule has 6 unspecified atom stereocenters. The van der Waals surface area contributed by atoms with Crippen LogP contribution in [0.15, 0.2) is 0 Å². The summed E-state index contributed by atoms with van der Waals surface area (Å²) in [6, 6.07) is -1.18. The molecule has 0 radical (unpaired) electrons. The maximum atomic E-state index is 12.9. The van der Waals surface area contributed by atoms with Crippen LogP contribution in [-0.2, 0) is 18.6 Å². The maximum absolute atomic E-state index is 12.9. The van der Waals surface area contributed by atoms with E-state index in [2.05, 4.69) is 16.8 Å². The van der Waals surface area contributed by atoms with Crippen molar-refractivity contribution in [1.29, 1.82) is 0 Å². The molecule has 13 heteroatoms. The lowest BCUT2D eigenvalue weighted by molar-refractivity contribution is -0.201. The third kappa shape index (κ3) is 6.31. The minimum Gasteiger partial charge on any atom is -0.388 e. The number of hydrogen-bond donors (Lipinski definition) is 5. The van der Waals surface area contributed by atoms with Gasteiger partial charge in [0.1, 0.15) is 29.9 Å². The summed E-state index contributed by atoms with van der Waals surface area (Å²) in [5, 5.41) is 23.3. The van der Waals surface area contributed by atoms with Gasteiger partial charge in [-0.05, 0) is 32.6 Å². The monoisotopic (exact) mass is 490 g/mol. The summed E-state index contributed by atoms with van der Waals surface area (Å²) in [6.45, 7) is 4.52. The van der Waals surface area contributed by atoms with Crippen molar-refractivity contribution in [1.82, 2.24) is 10.2 Å². The van der Waals surface area contributed by atoms with Crippen molar-refractivity contribution in [2.24, 2.45) is 5.92 Å². The van der Waals surface area contributed by atoms with Crippen LogP contribution in [0.4, 0.5) is 0 Å². The maximum Gasteiger partial charge on any atom is 0.470 e. The van der Waals surface area contributed by atoms with Crippen molar-refractivity contribution in [2.45, 2.75) is 74.0 Å². The van der Waals surface area contributed by atoms with Crippen LogP contribution in [0.2, 0.25) is 0 Å². The smallest absolute Gasteiger partial charge is 0.388 e. The van der Waals surface area contributed by atoms with E-state index in [-0.39, 0.29) is 11.9 Å². The number of ether oxygens (including phenoxy) is 1. The molecule has 2 aliphatic heterocycles. The quantitative estimate of drug-likeness (QED) is 0.234. The first kappa shape index (κ1) is 26.3. The fraction of sp³-hybridized carbons (Fsp3) is 0.941. The van der Waals surface area contributed by atoms with Crippen LogP contribution < -0.4 is 5.32 Å². The van der Waals surface area contributed by atoms with Crippen molar-refractivity contribution >= 4 is 37.1 Å². The minimum absolute atomic E-state index is 0.245. The lowest BCUT2D eigenvalue weighted by Crippen LogP contribution is -2.65. The number of phosphoric ester groups is 1. The van der Waals surface area contributed by atoms with Gasteiger partial charge in [-0.15, -0.1) is 23.4 Å². The number of hydrogen-bond acceptors (Lipinski definition) is 8. The van der Waals surface area contributed by atoms with Crippen LogP contribution in [0.1, 0.15) is 26.7 Å². The lowest BCUT2D eigenvalue weighted by atomic mass is 9.92. The summed E-state index contributed by atoms with van der Waals surface area (Å²) >= 11 is 7.36. The van der Waals surface area contributed by atoms with Gasteiger partial charge in [0.2, 0.25) is 5.91 Å². The van der Waals surface area contributed by atoms with Gasteiger partial charge in [0.05, 0.1) is 17.5 Å². The predicted octanol–water partition coefficient (Wildman–Crippen LogP) is 0.116. The number of aliphatic hydroxyl groups is 2. The topological polar surface area (TPSA) is 149 Å². The van der Waals surface area contributed by atoms with Crippen LogP contribution in [0.25, 0.3) is 0 Å². The number of thioether (sulfide) groups is 1. The second-order valence-electron chi connectivity index (χ2n) is 7.92. The number of rotatable bonds is 8. The van der Waals surface area contributed by atoms with Gasteiger partial charge < -0.3 is 30.1 Å². The minimum atomic E-state index is -4.93. The van der Waals surface area contributed by atoms with Gasteiger partial charge in [-0.1, -0.05) is 13.3 Å². The second-order valence-corrected chi connectivity index (χ2v) is 10.7. The number of alkyl halides is 1. The van der Waals surface area contributed by atoms with Gasteiger partial charge in [0.25, 0.3) is 0 Å². The SMILES string of the molecule is CCC1C[C@H](C(=O)NC(C(C)Cl)C2O[C@H](SC)C(OP(=O)(O)O)C(O)[C@H]2O)N(C)C1.